The van der Waals surface area contributed by atoms with E-state index in [0.717, 1.165) is 23.9 Å². The van der Waals surface area contributed by atoms with Gasteiger partial charge in [-0.25, -0.2) is 4.98 Å². The number of nitrogens with one attached hydrogen (secondary N) is 1. The molecule has 2 amide bonds. The molecule has 27 heavy (non-hydrogen) atoms. The SMILES string of the molecule is CC(C)CNC(=O)c1csc(CN(CC(C)C)C(=O)CCC2CCCC2)n1. The molecule has 6 heteroatoms. The van der Waals surface area contributed by atoms with E-state index < -0.39 is 0 Å². The van der Waals surface area contributed by atoms with Gasteiger partial charge in [-0.2, -0.15) is 0 Å². The van der Waals surface area contributed by atoms with Crippen LogP contribution in [0.2, 0.25) is 0 Å². The topological polar surface area (TPSA) is 62.3 Å². The van der Waals surface area contributed by atoms with Gasteiger partial charge in [0.1, 0.15) is 10.7 Å². The number of nitrogens with zero attached hydrogens (tertiary/aromatic N) is 2. The normalized spacial score (nSPS) is 14.9. The van der Waals surface area contributed by atoms with Crippen LogP contribution in [0, 0.1) is 17.8 Å². The van der Waals surface area contributed by atoms with Crippen LogP contribution >= 0.6 is 11.3 Å². The first kappa shape index (κ1) is 21.9. The van der Waals surface area contributed by atoms with Gasteiger partial charge in [-0.05, 0) is 24.2 Å². The summed E-state index contributed by atoms with van der Waals surface area (Å²) in [7, 11) is 0. The zero-order valence-electron chi connectivity index (χ0n) is 17.3. The van der Waals surface area contributed by atoms with Crippen LogP contribution in [0.25, 0.3) is 0 Å². The Hall–Kier alpha value is -1.43. The number of rotatable bonds is 10. The quantitative estimate of drug-likeness (QED) is 0.637. The molecule has 1 saturated carbocycles. The highest BCUT2D eigenvalue weighted by molar-refractivity contribution is 7.09. The molecule has 1 aromatic rings. The monoisotopic (exact) mass is 393 g/mol. The first-order valence-electron chi connectivity index (χ1n) is 10.4. The molecule has 0 atom stereocenters. The molecule has 0 aromatic carbocycles. The molecule has 1 N–H and O–H groups in total. The summed E-state index contributed by atoms with van der Waals surface area (Å²) in [5, 5.41) is 5.52. The average Bonchev–Trinajstić information content (AvgIpc) is 3.28. The van der Waals surface area contributed by atoms with Crippen molar-refractivity contribution in [3.8, 4) is 0 Å². The second-order valence-electron chi connectivity index (χ2n) is 8.59. The lowest BCUT2D eigenvalue weighted by atomic mass is 10.0. The van der Waals surface area contributed by atoms with Crippen molar-refractivity contribution >= 4 is 23.2 Å². The molecule has 0 unspecified atom stereocenters. The van der Waals surface area contributed by atoms with E-state index in [1.807, 2.05) is 4.90 Å². The van der Waals surface area contributed by atoms with Gasteiger partial charge in [0.05, 0.1) is 6.54 Å². The van der Waals surface area contributed by atoms with Gasteiger partial charge in [-0.1, -0.05) is 53.4 Å². The highest BCUT2D eigenvalue weighted by Gasteiger charge is 2.21. The van der Waals surface area contributed by atoms with Crippen LogP contribution in [-0.2, 0) is 11.3 Å². The van der Waals surface area contributed by atoms with Gasteiger partial charge in [-0.3, -0.25) is 9.59 Å². The molecule has 0 radical (unpaired) electrons. The number of amides is 2. The maximum absolute atomic E-state index is 12.8. The van der Waals surface area contributed by atoms with Crippen molar-refractivity contribution in [3.05, 3.63) is 16.1 Å². The highest BCUT2D eigenvalue weighted by atomic mass is 32.1. The van der Waals surface area contributed by atoms with E-state index in [2.05, 4.69) is 38.0 Å². The number of thiazole rings is 1. The molecule has 5 nitrogen and oxygen atoms in total. The zero-order valence-corrected chi connectivity index (χ0v) is 18.1. The van der Waals surface area contributed by atoms with E-state index >= 15 is 0 Å². The standard InChI is InChI=1S/C21H35N3O2S/c1-15(2)11-22-21(26)18-14-27-19(23-18)13-24(12-16(3)4)20(25)10-9-17-7-5-6-8-17/h14-17H,5-13H2,1-4H3,(H,22,26). The van der Waals surface area contributed by atoms with E-state index in [9.17, 15) is 9.59 Å². The summed E-state index contributed by atoms with van der Waals surface area (Å²) >= 11 is 1.46. The number of carbonyl (C=O) groups is 2. The Morgan fingerprint density at radius 1 is 1.22 bits per heavy atom. The maximum atomic E-state index is 12.8. The van der Waals surface area contributed by atoms with Crippen molar-refractivity contribution in [2.24, 2.45) is 17.8 Å². The minimum absolute atomic E-state index is 0.130. The number of aromatic nitrogens is 1. The van der Waals surface area contributed by atoms with Crippen molar-refractivity contribution in [2.75, 3.05) is 13.1 Å². The maximum Gasteiger partial charge on any atom is 0.270 e. The van der Waals surface area contributed by atoms with Crippen molar-refractivity contribution < 1.29 is 9.59 Å². The lowest BCUT2D eigenvalue weighted by molar-refractivity contribution is -0.132. The van der Waals surface area contributed by atoms with E-state index in [1.165, 1.54) is 37.0 Å². The summed E-state index contributed by atoms with van der Waals surface area (Å²) in [6, 6.07) is 0. The van der Waals surface area contributed by atoms with Gasteiger partial charge < -0.3 is 10.2 Å². The van der Waals surface area contributed by atoms with Crippen LogP contribution in [0.4, 0.5) is 0 Å². The summed E-state index contributed by atoms with van der Waals surface area (Å²) in [5.41, 5.74) is 0.457. The van der Waals surface area contributed by atoms with Crippen LogP contribution in [0.15, 0.2) is 5.38 Å². The second-order valence-corrected chi connectivity index (χ2v) is 9.53. The largest absolute Gasteiger partial charge is 0.350 e. The third-order valence-corrected chi connectivity index (χ3v) is 5.79. The summed E-state index contributed by atoms with van der Waals surface area (Å²) < 4.78 is 0. The van der Waals surface area contributed by atoms with Gasteiger partial charge in [0.25, 0.3) is 5.91 Å². The third-order valence-electron chi connectivity index (χ3n) is 4.96. The number of carbonyl (C=O) groups excluding carboxylic acids is 2. The molecular weight excluding hydrogens is 358 g/mol. The highest BCUT2D eigenvalue weighted by Crippen LogP contribution is 2.29. The molecule has 1 aromatic heterocycles. The molecule has 1 aliphatic carbocycles. The summed E-state index contributed by atoms with van der Waals surface area (Å²) in [5.74, 6) is 1.64. The molecule has 0 saturated heterocycles. The fourth-order valence-corrected chi connectivity index (χ4v) is 4.31. The van der Waals surface area contributed by atoms with Crippen molar-refractivity contribution in [1.29, 1.82) is 0 Å². The molecule has 1 fully saturated rings. The summed E-state index contributed by atoms with van der Waals surface area (Å²) in [6.45, 7) is 10.3. The van der Waals surface area contributed by atoms with Gasteiger partial charge in [0.2, 0.25) is 5.91 Å². The van der Waals surface area contributed by atoms with Gasteiger partial charge >= 0.3 is 0 Å². The van der Waals surface area contributed by atoms with Crippen molar-refractivity contribution in [1.82, 2.24) is 15.2 Å². The summed E-state index contributed by atoms with van der Waals surface area (Å²) in [6.07, 6.45) is 6.82. The van der Waals surface area contributed by atoms with Crippen LogP contribution in [0.3, 0.4) is 0 Å². The van der Waals surface area contributed by atoms with Crippen molar-refractivity contribution in [3.63, 3.8) is 0 Å². The Morgan fingerprint density at radius 3 is 2.56 bits per heavy atom. The molecule has 0 bridgehead atoms. The van der Waals surface area contributed by atoms with E-state index in [1.54, 1.807) is 5.38 Å². The Kier molecular flexibility index (Phi) is 8.74. The Balaban J connectivity index is 1.92. The minimum atomic E-state index is -0.130. The smallest absolute Gasteiger partial charge is 0.270 e. The molecule has 2 rings (SSSR count). The van der Waals surface area contributed by atoms with Gasteiger partial charge in [0, 0.05) is 24.9 Å². The third kappa shape index (κ3) is 7.60. The zero-order chi connectivity index (χ0) is 19.8. The molecule has 0 aliphatic heterocycles. The molecule has 152 valence electrons. The predicted molar refractivity (Wildman–Crippen MR) is 111 cm³/mol. The molecule has 1 heterocycles. The van der Waals surface area contributed by atoms with Gasteiger partial charge in [0.15, 0.2) is 0 Å². The van der Waals surface area contributed by atoms with E-state index in [-0.39, 0.29) is 11.8 Å². The minimum Gasteiger partial charge on any atom is -0.350 e. The first-order valence-corrected chi connectivity index (χ1v) is 11.2. The van der Waals surface area contributed by atoms with E-state index in [0.29, 0.717) is 37.0 Å². The fourth-order valence-electron chi connectivity index (χ4n) is 3.52. The Morgan fingerprint density at radius 2 is 1.93 bits per heavy atom. The van der Waals surface area contributed by atoms with Crippen LogP contribution in [-0.4, -0.2) is 34.8 Å². The Bertz CT molecular complexity index is 606. The molecular formula is C21H35N3O2S. The summed E-state index contributed by atoms with van der Waals surface area (Å²) in [4.78, 5) is 31.3. The van der Waals surface area contributed by atoms with Crippen molar-refractivity contribution in [2.45, 2.75) is 72.8 Å². The molecule has 1 aliphatic rings. The lowest BCUT2D eigenvalue weighted by Crippen LogP contribution is -2.34. The fraction of sp³-hybridized carbons (Fsp3) is 0.762. The van der Waals surface area contributed by atoms with Crippen LogP contribution in [0.1, 0.15) is 81.7 Å². The average molecular weight is 394 g/mol. The lowest BCUT2D eigenvalue weighted by Gasteiger charge is -2.24. The second kappa shape index (κ2) is 10.8. The predicted octanol–water partition coefficient (Wildman–Crippen LogP) is 4.48. The van der Waals surface area contributed by atoms with Crippen LogP contribution in [0.5, 0.6) is 0 Å². The van der Waals surface area contributed by atoms with E-state index in [4.69, 9.17) is 0 Å². The number of hydrogen-bond acceptors (Lipinski definition) is 4. The first-order chi connectivity index (χ1) is 12.8. The van der Waals surface area contributed by atoms with Crippen LogP contribution < -0.4 is 5.32 Å². The number of hydrogen-bond donors (Lipinski definition) is 1. The Labute approximate surface area is 167 Å². The molecule has 0 spiro atoms. The van der Waals surface area contributed by atoms with Gasteiger partial charge in [-0.15, -0.1) is 11.3 Å².